The number of rotatable bonds is 0. The molecular formula is C16H19NO2. The largest absolute Gasteiger partial charge is 0.389 e. The molecule has 1 aromatic carbocycles. The van der Waals surface area contributed by atoms with Gasteiger partial charge in [-0.3, -0.25) is 4.79 Å². The van der Waals surface area contributed by atoms with Crippen LogP contribution in [-0.4, -0.2) is 28.1 Å². The Balaban J connectivity index is 1.82. The molecule has 0 spiro atoms. The van der Waals surface area contributed by atoms with Crippen molar-refractivity contribution in [1.82, 2.24) is 4.90 Å². The zero-order valence-electron chi connectivity index (χ0n) is 11.0. The van der Waals surface area contributed by atoms with Gasteiger partial charge in [0.1, 0.15) is 0 Å². The summed E-state index contributed by atoms with van der Waals surface area (Å²) in [5.74, 6) is 0.385. The van der Waals surface area contributed by atoms with Crippen molar-refractivity contribution in [3.05, 3.63) is 35.4 Å². The molecule has 3 heteroatoms. The molecule has 2 heterocycles. The molecule has 0 bridgehead atoms. The first-order valence-electron chi connectivity index (χ1n) is 7.33. The summed E-state index contributed by atoms with van der Waals surface area (Å²) in [7, 11) is 0. The highest BCUT2D eigenvalue weighted by molar-refractivity contribution is 5.99. The number of benzene rings is 1. The van der Waals surface area contributed by atoms with E-state index in [1.807, 2.05) is 23.1 Å². The summed E-state index contributed by atoms with van der Waals surface area (Å²) in [5.41, 5.74) is 1.44. The number of fused-ring (bicyclic) bond motifs is 5. The van der Waals surface area contributed by atoms with Crippen LogP contribution in [0.5, 0.6) is 0 Å². The third kappa shape index (κ3) is 1.45. The quantitative estimate of drug-likeness (QED) is 0.775. The fraction of sp³-hybridized carbons (Fsp3) is 0.562. The van der Waals surface area contributed by atoms with E-state index in [0.29, 0.717) is 6.54 Å². The van der Waals surface area contributed by atoms with Crippen molar-refractivity contribution < 1.29 is 9.90 Å². The van der Waals surface area contributed by atoms with Crippen LogP contribution in [0, 0.1) is 5.92 Å². The van der Waals surface area contributed by atoms with Crippen LogP contribution < -0.4 is 0 Å². The standard InChI is InChI=1S/C16H19NO2/c18-15-12-6-2-1-5-11(12)14-13-7-3-4-8-16(13,19)9-10-17(14)15/h1-2,5-6,13-14,19H,3-4,7-10H2/t13-,14+,16+/m0/s1. The lowest BCUT2D eigenvalue weighted by Crippen LogP contribution is -2.54. The van der Waals surface area contributed by atoms with E-state index in [0.717, 1.165) is 36.8 Å². The molecule has 0 unspecified atom stereocenters. The fourth-order valence-corrected chi connectivity index (χ4v) is 4.40. The van der Waals surface area contributed by atoms with Crippen LogP contribution in [0.2, 0.25) is 0 Å². The average Bonchev–Trinajstić information content (AvgIpc) is 2.72. The second kappa shape index (κ2) is 3.83. The number of aliphatic hydroxyl groups is 1. The molecular weight excluding hydrogens is 238 g/mol. The lowest BCUT2D eigenvalue weighted by molar-refractivity contribution is -0.111. The molecule has 3 atom stereocenters. The Morgan fingerprint density at radius 1 is 1.21 bits per heavy atom. The fourth-order valence-electron chi connectivity index (χ4n) is 4.40. The maximum Gasteiger partial charge on any atom is 0.254 e. The second-order valence-corrected chi connectivity index (χ2v) is 6.24. The molecule has 1 saturated heterocycles. The van der Waals surface area contributed by atoms with E-state index in [4.69, 9.17) is 0 Å². The van der Waals surface area contributed by atoms with Gasteiger partial charge in [0, 0.05) is 18.0 Å². The van der Waals surface area contributed by atoms with E-state index in [-0.39, 0.29) is 17.9 Å². The Hall–Kier alpha value is -1.35. The predicted octanol–water partition coefficient (Wildman–Crippen LogP) is 2.51. The first-order valence-corrected chi connectivity index (χ1v) is 7.33. The first kappa shape index (κ1) is 11.5. The highest BCUT2D eigenvalue weighted by Gasteiger charge is 2.53. The topological polar surface area (TPSA) is 40.5 Å². The number of hydrogen-bond donors (Lipinski definition) is 1. The van der Waals surface area contributed by atoms with Crippen molar-refractivity contribution in [2.24, 2.45) is 5.92 Å². The minimum Gasteiger partial charge on any atom is -0.389 e. The SMILES string of the molecule is O=C1c2ccccc2[C@@H]2[C@@H]3CCCC[C@@]3(O)CCN12. The molecule has 1 N–H and O–H groups in total. The van der Waals surface area contributed by atoms with Gasteiger partial charge in [-0.05, 0) is 30.9 Å². The number of carbonyl (C=O) groups excluding carboxylic acids is 1. The van der Waals surface area contributed by atoms with E-state index in [1.165, 1.54) is 6.42 Å². The molecule has 100 valence electrons. The van der Waals surface area contributed by atoms with Gasteiger partial charge in [-0.1, -0.05) is 31.0 Å². The molecule has 2 aliphatic heterocycles. The summed E-state index contributed by atoms with van der Waals surface area (Å²) in [6.07, 6.45) is 4.98. The van der Waals surface area contributed by atoms with Gasteiger partial charge in [0.05, 0.1) is 11.6 Å². The Labute approximate surface area is 113 Å². The molecule has 2 fully saturated rings. The van der Waals surface area contributed by atoms with E-state index in [1.54, 1.807) is 0 Å². The Bertz CT molecular complexity index is 541. The molecule has 4 rings (SSSR count). The summed E-state index contributed by atoms with van der Waals surface area (Å²) in [5, 5.41) is 10.9. The van der Waals surface area contributed by atoms with Crippen molar-refractivity contribution >= 4 is 5.91 Å². The number of carbonyl (C=O) groups is 1. The van der Waals surface area contributed by atoms with Crippen LogP contribution in [0.3, 0.4) is 0 Å². The lowest BCUT2D eigenvalue weighted by atomic mass is 9.67. The van der Waals surface area contributed by atoms with E-state index >= 15 is 0 Å². The summed E-state index contributed by atoms with van der Waals surface area (Å²) in [6, 6.07) is 8.05. The van der Waals surface area contributed by atoms with Crippen LogP contribution in [0.25, 0.3) is 0 Å². The third-order valence-electron chi connectivity index (χ3n) is 5.34. The average molecular weight is 257 g/mol. The Morgan fingerprint density at radius 2 is 2.05 bits per heavy atom. The molecule has 19 heavy (non-hydrogen) atoms. The minimum atomic E-state index is -0.544. The van der Waals surface area contributed by atoms with Gasteiger partial charge in [-0.2, -0.15) is 0 Å². The van der Waals surface area contributed by atoms with Crippen LogP contribution in [0.4, 0.5) is 0 Å². The van der Waals surface area contributed by atoms with Crippen molar-refractivity contribution in [1.29, 1.82) is 0 Å². The van der Waals surface area contributed by atoms with Crippen molar-refractivity contribution in [2.75, 3.05) is 6.54 Å². The smallest absolute Gasteiger partial charge is 0.254 e. The summed E-state index contributed by atoms with van der Waals surface area (Å²) in [4.78, 5) is 14.4. The van der Waals surface area contributed by atoms with Crippen molar-refractivity contribution in [2.45, 2.75) is 43.7 Å². The maximum absolute atomic E-state index is 12.5. The zero-order chi connectivity index (χ0) is 13.0. The van der Waals surface area contributed by atoms with Crippen LogP contribution in [0.15, 0.2) is 24.3 Å². The second-order valence-electron chi connectivity index (χ2n) is 6.24. The van der Waals surface area contributed by atoms with Gasteiger partial charge in [0.15, 0.2) is 0 Å². The highest BCUT2D eigenvalue weighted by Crippen LogP contribution is 2.52. The highest BCUT2D eigenvalue weighted by atomic mass is 16.3. The van der Waals surface area contributed by atoms with Gasteiger partial charge < -0.3 is 10.0 Å². The summed E-state index contributed by atoms with van der Waals surface area (Å²) >= 11 is 0. The van der Waals surface area contributed by atoms with E-state index in [9.17, 15) is 9.90 Å². The monoisotopic (exact) mass is 257 g/mol. The third-order valence-corrected chi connectivity index (χ3v) is 5.34. The molecule has 3 aliphatic rings. The molecule has 1 saturated carbocycles. The van der Waals surface area contributed by atoms with Crippen molar-refractivity contribution in [3.63, 3.8) is 0 Å². The Morgan fingerprint density at radius 3 is 2.95 bits per heavy atom. The van der Waals surface area contributed by atoms with Gasteiger partial charge in [-0.15, -0.1) is 0 Å². The van der Waals surface area contributed by atoms with Gasteiger partial charge in [0.2, 0.25) is 0 Å². The summed E-state index contributed by atoms with van der Waals surface area (Å²) in [6.45, 7) is 0.700. The molecule has 0 aromatic heterocycles. The van der Waals surface area contributed by atoms with Crippen LogP contribution in [-0.2, 0) is 0 Å². The first-order chi connectivity index (χ1) is 9.21. The van der Waals surface area contributed by atoms with Crippen LogP contribution in [0.1, 0.15) is 54.1 Å². The normalized spacial score (nSPS) is 36.7. The molecule has 1 amide bonds. The van der Waals surface area contributed by atoms with Crippen molar-refractivity contribution in [3.8, 4) is 0 Å². The van der Waals surface area contributed by atoms with E-state index in [2.05, 4.69) is 6.07 Å². The lowest BCUT2D eigenvalue weighted by Gasteiger charge is -2.50. The minimum absolute atomic E-state index is 0.114. The molecule has 3 nitrogen and oxygen atoms in total. The number of hydrogen-bond acceptors (Lipinski definition) is 2. The van der Waals surface area contributed by atoms with Gasteiger partial charge >= 0.3 is 0 Å². The molecule has 0 radical (unpaired) electrons. The van der Waals surface area contributed by atoms with Crippen LogP contribution >= 0.6 is 0 Å². The number of piperidine rings is 1. The zero-order valence-corrected chi connectivity index (χ0v) is 11.0. The molecule has 1 aromatic rings. The number of amides is 1. The summed E-state index contributed by atoms with van der Waals surface area (Å²) < 4.78 is 0. The maximum atomic E-state index is 12.5. The molecule has 1 aliphatic carbocycles. The van der Waals surface area contributed by atoms with Gasteiger partial charge in [0.25, 0.3) is 5.91 Å². The van der Waals surface area contributed by atoms with Gasteiger partial charge in [-0.25, -0.2) is 0 Å². The van der Waals surface area contributed by atoms with E-state index < -0.39 is 5.60 Å². The predicted molar refractivity (Wildman–Crippen MR) is 71.7 cm³/mol. The number of nitrogens with zero attached hydrogens (tertiary/aromatic N) is 1. The Kier molecular flexibility index (Phi) is 2.31.